The van der Waals surface area contributed by atoms with E-state index in [0.717, 1.165) is 43.7 Å². The topological polar surface area (TPSA) is 78.5 Å². The van der Waals surface area contributed by atoms with Crippen LogP contribution in [0.15, 0.2) is 46.9 Å². The van der Waals surface area contributed by atoms with Crippen molar-refractivity contribution in [2.45, 2.75) is 47.3 Å². The Morgan fingerprint density at radius 1 is 1.09 bits per heavy atom. The molecule has 0 fully saturated rings. The molecule has 0 saturated heterocycles. The van der Waals surface area contributed by atoms with Crippen LogP contribution in [-0.2, 0) is 11.3 Å². The Bertz CT molecular complexity index is 1370. The molecule has 35 heavy (non-hydrogen) atoms. The molecule has 0 saturated carbocycles. The Morgan fingerprint density at radius 3 is 2.43 bits per heavy atom. The number of nitrogens with zero attached hydrogens (tertiary/aromatic N) is 3. The molecule has 0 radical (unpaired) electrons. The number of ether oxygens (including phenoxy) is 2. The summed E-state index contributed by atoms with van der Waals surface area (Å²) in [6, 6.07) is 13.8. The monoisotopic (exact) mass is 539 g/mol. The van der Waals surface area contributed by atoms with Gasteiger partial charge in [0.05, 0.1) is 34.4 Å². The van der Waals surface area contributed by atoms with Crippen molar-refractivity contribution in [3.05, 3.63) is 75.1 Å². The average molecular weight is 540 g/mol. The number of aliphatic hydroxyl groups is 1. The van der Waals surface area contributed by atoms with Gasteiger partial charge in [0.1, 0.15) is 18.5 Å². The van der Waals surface area contributed by atoms with Gasteiger partial charge in [0.15, 0.2) is 0 Å². The number of aryl methyl sites for hydroxylation is 2. The van der Waals surface area contributed by atoms with E-state index in [9.17, 15) is 9.90 Å². The second-order valence-corrected chi connectivity index (χ2v) is 9.46. The maximum Gasteiger partial charge on any atom is 0.340 e. The van der Waals surface area contributed by atoms with Gasteiger partial charge in [-0.05, 0) is 80.9 Å². The number of rotatable bonds is 8. The molecule has 0 aliphatic heterocycles. The first-order valence-electron chi connectivity index (χ1n) is 11.6. The predicted molar refractivity (Wildman–Crippen MR) is 140 cm³/mol. The van der Waals surface area contributed by atoms with Crippen molar-refractivity contribution in [3.8, 4) is 11.4 Å². The average Bonchev–Trinajstić information content (AvgIpc) is 3.25. The van der Waals surface area contributed by atoms with Crippen molar-refractivity contribution in [2.24, 2.45) is 0 Å². The summed E-state index contributed by atoms with van der Waals surface area (Å²) < 4.78 is 16.1. The van der Waals surface area contributed by atoms with E-state index in [1.807, 2.05) is 70.2 Å². The largest absolute Gasteiger partial charge is 0.491 e. The van der Waals surface area contributed by atoms with Gasteiger partial charge in [-0.25, -0.2) is 4.79 Å². The molecule has 0 bridgehead atoms. The summed E-state index contributed by atoms with van der Waals surface area (Å²) in [6.07, 6.45) is -0.751. The molecule has 0 aliphatic rings. The molecular formula is C27H30BrN3O4. The van der Waals surface area contributed by atoms with Crippen molar-refractivity contribution < 1.29 is 19.4 Å². The molecule has 1 N–H and O–H groups in total. The Morgan fingerprint density at radius 2 is 1.80 bits per heavy atom. The third kappa shape index (κ3) is 4.99. The van der Waals surface area contributed by atoms with Crippen LogP contribution in [0.1, 0.15) is 39.9 Å². The fraction of sp³-hybridized carbons (Fsp3) is 0.333. The van der Waals surface area contributed by atoms with Crippen molar-refractivity contribution >= 4 is 32.8 Å². The van der Waals surface area contributed by atoms with Gasteiger partial charge in [0, 0.05) is 22.5 Å². The predicted octanol–water partition coefficient (Wildman–Crippen LogP) is 5.44. The Kier molecular flexibility index (Phi) is 7.33. The lowest BCUT2D eigenvalue weighted by Gasteiger charge is -2.14. The van der Waals surface area contributed by atoms with Crippen molar-refractivity contribution in [1.82, 2.24) is 14.3 Å². The van der Waals surface area contributed by atoms with E-state index < -0.39 is 6.10 Å². The zero-order chi connectivity index (χ0) is 25.3. The number of benzene rings is 2. The summed E-state index contributed by atoms with van der Waals surface area (Å²) in [5.41, 5.74) is 6.16. The van der Waals surface area contributed by atoms with Crippen LogP contribution >= 0.6 is 15.9 Å². The van der Waals surface area contributed by atoms with Gasteiger partial charge in [0.25, 0.3) is 0 Å². The minimum absolute atomic E-state index is 0.0911. The SMILES string of the molecule is CCOC(=O)c1c(C)n(-c2ccc(C)cc2)c2ccc(OC[C@@H](O)Cn3nc(C)c(Br)c3C)cc12. The zero-order valence-electron chi connectivity index (χ0n) is 20.6. The number of aromatic nitrogens is 3. The smallest absolute Gasteiger partial charge is 0.340 e. The van der Waals surface area contributed by atoms with Gasteiger partial charge in [-0.2, -0.15) is 5.10 Å². The molecule has 4 aromatic rings. The van der Waals surface area contributed by atoms with Gasteiger partial charge in [-0.1, -0.05) is 17.7 Å². The van der Waals surface area contributed by atoms with Crippen LogP contribution in [0.3, 0.4) is 0 Å². The number of hydrogen-bond acceptors (Lipinski definition) is 5. The lowest BCUT2D eigenvalue weighted by Crippen LogP contribution is -2.24. The van der Waals surface area contributed by atoms with Gasteiger partial charge >= 0.3 is 5.97 Å². The fourth-order valence-electron chi connectivity index (χ4n) is 4.27. The highest BCUT2D eigenvalue weighted by Gasteiger charge is 2.23. The van der Waals surface area contributed by atoms with Crippen LogP contribution in [0.4, 0.5) is 0 Å². The summed E-state index contributed by atoms with van der Waals surface area (Å²) >= 11 is 3.51. The number of halogens is 1. The first-order chi connectivity index (χ1) is 16.7. The molecule has 7 nitrogen and oxygen atoms in total. The second kappa shape index (κ2) is 10.3. The molecule has 2 heterocycles. The molecule has 2 aromatic heterocycles. The molecule has 1 atom stereocenters. The normalized spacial score (nSPS) is 12.2. The minimum atomic E-state index is -0.751. The quantitative estimate of drug-likeness (QED) is 0.301. The third-order valence-electron chi connectivity index (χ3n) is 6.07. The molecule has 0 unspecified atom stereocenters. The molecule has 8 heteroatoms. The molecule has 2 aromatic carbocycles. The summed E-state index contributed by atoms with van der Waals surface area (Å²) in [5, 5.41) is 15.7. The minimum Gasteiger partial charge on any atom is -0.491 e. The Balaban J connectivity index is 1.64. The maximum absolute atomic E-state index is 12.9. The standard InChI is InChI=1S/C27H30BrN3O4/c1-6-34-27(33)25-18(4)31(20-9-7-16(2)8-10-20)24-12-11-22(13-23(24)25)35-15-21(32)14-30-19(5)26(28)17(3)29-30/h7-13,21,32H,6,14-15H2,1-5H3/t21-/m0/s1. The molecule has 0 amide bonds. The Hall–Kier alpha value is -3.10. The second-order valence-electron chi connectivity index (χ2n) is 8.66. The van der Waals surface area contributed by atoms with Gasteiger partial charge in [-0.15, -0.1) is 0 Å². The summed E-state index contributed by atoms with van der Waals surface area (Å²) in [6.45, 7) is 10.3. The molecule has 184 valence electrons. The highest BCUT2D eigenvalue weighted by atomic mass is 79.9. The Labute approximate surface area is 213 Å². The first-order valence-corrected chi connectivity index (χ1v) is 12.4. The van der Waals surface area contributed by atoms with E-state index in [0.29, 0.717) is 24.5 Å². The van der Waals surface area contributed by atoms with Crippen LogP contribution < -0.4 is 4.74 Å². The van der Waals surface area contributed by atoms with E-state index in [-0.39, 0.29) is 12.6 Å². The number of carbonyl (C=O) groups excluding carboxylic acids is 1. The summed E-state index contributed by atoms with van der Waals surface area (Å²) in [7, 11) is 0. The van der Waals surface area contributed by atoms with Crippen molar-refractivity contribution in [2.75, 3.05) is 13.2 Å². The molecule has 0 aliphatic carbocycles. The third-order valence-corrected chi connectivity index (χ3v) is 7.21. The van der Waals surface area contributed by atoms with Crippen molar-refractivity contribution in [1.29, 1.82) is 0 Å². The molecule has 0 spiro atoms. The summed E-state index contributed by atoms with van der Waals surface area (Å²) in [5.74, 6) is 0.200. The number of carbonyl (C=O) groups is 1. The van der Waals surface area contributed by atoms with E-state index in [1.165, 1.54) is 0 Å². The van der Waals surface area contributed by atoms with Crippen LogP contribution in [-0.4, -0.2) is 44.7 Å². The number of esters is 1. The van der Waals surface area contributed by atoms with Crippen LogP contribution in [0.5, 0.6) is 5.75 Å². The lowest BCUT2D eigenvalue weighted by atomic mass is 10.1. The van der Waals surface area contributed by atoms with Crippen LogP contribution in [0.25, 0.3) is 16.6 Å². The number of fused-ring (bicyclic) bond motifs is 1. The van der Waals surface area contributed by atoms with E-state index in [1.54, 1.807) is 11.6 Å². The lowest BCUT2D eigenvalue weighted by molar-refractivity contribution is 0.0527. The van der Waals surface area contributed by atoms with Gasteiger partial charge in [0.2, 0.25) is 0 Å². The van der Waals surface area contributed by atoms with E-state index in [2.05, 4.69) is 25.6 Å². The maximum atomic E-state index is 12.9. The van der Waals surface area contributed by atoms with Gasteiger partial charge in [-0.3, -0.25) is 4.68 Å². The van der Waals surface area contributed by atoms with Crippen molar-refractivity contribution in [3.63, 3.8) is 0 Å². The highest BCUT2D eigenvalue weighted by molar-refractivity contribution is 9.10. The molecule has 4 rings (SSSR count). The fourth-order valence-corrected chi connectivity index (χ4v) is 4.56. The van der Waals surface area contributed by atoms with Gasteiger partial charge < -0.3 is 19.1 Å². The number of aliphatic hydroxyl groups excluding tert-OH is 1. The molecular weight excluding hydrogens is 510 g/mol. The first kappa shape index (κ1) is 25.0. The van der Waals surface area contributed by atoms with E-state index in [4.69, 9.17) is 9.47 Å². The zero-order valence-corrected chi connectivity index (χ0v) is 22.2. The van der Waals surface area contributed by atoms with Crippen LogP contribution in [0.2, 0.25) is 0 Å². The summed E-state index contributed by atoms with van der Waals surface area (Å²) in [4.78, 5) is 12.9. The number of hydrogen-bond donors (Lipinski definition) is 1. The van der Waals surface area contributed by atoms with Crippen LogP contribution in [0, 0.1) is 27.7 Å². The highest BCUT2D eigenvalue weighted by Crippen LogP contribution is 2.33. The van der Waals surface area contributed by atoms with E-state index >= 15 is 0 Å².